The van der Waals surface area contributed by atoms with E-state index in [1.807, 2.05) is 65.4 Å². The van der Waals surface area contributed by atoms with Crippen LogP contribution in [-0.2, 0) is 20.9 Å². The average Bonchev–Trinajstić information content (AvgIpc) is 3.49. The molecule has 3 aromatic rings. The van der Waals surface area contributed by atoms with Gasteiger partial charge in [-0.3, -0.25) is 9.59 Å². The van der Waals surface area contributed by atoms with Gasteiger partial charge in [0.2, 0.25) is 5.91 Å². The largest absolute Gasteiger partial charge is 0.376 e. The summed E-state index contributed by atoms with van der Waals surface area (Å²) in [6, 6.07) is 15.8. The summed E-state index contributed by atoms with van der Waals surface area (Å²) < 4.78 is 7.53. The van der Waals surface area contributed by atoms with Crippen LogP contribution in [-0.4, -0.2) is 42.7 Å². The lowest BCUT2D eigenvalue weighted by atomic mass is 10.0. The van der Waals surface area contributed by atoms with Crippen molar-refractivity contribution in [3.05, 3.63) is 65.9 Å². The van der Waals surface area contributed by atoms with E-state index < -0.39 is 0 Å². The molecule has 2 amide bonds. The van der Waals surface area contributed by atoms with Crippen LogP contribution in [0.15, 0.2) is 54.7 Å². The third-order valence-corrected chi connectivity index (χ3v) is 6.07. The molecule has 1 fully saturated rings. The van der Waals surface area contributed by atoms with Gasteiger partial charge in [-0.05, 0) is 31.1 Å². The fraction of sp³-hybridized carbons (Fsp3) is 0.280. The highest BCUT2D eigenvalue weighted by atomic mass is 16.5. The first-order valence-corrected chi connectivity index (χ1v) is 10.7. The van der Waals surface area contributed by atoms with E-state index in [4.69, 9.17) is 4.74 Å². The molecule has 158 valence electrons. The fourth-order valence-corrected chi connectivity index (χ4v) is 4.46. The number of rotatable bonds is 5. The maximum atomic E-state index is 12.9. The monoisotopic (exact) mass is 415 g/mol. The second-order valence-corrected chi connectivity index (χ2v) is 8.11. The molecule has 31 heavy (non-hydrogen) atoms. The van der Waals surface area contributed by atoms with E-state index in [0.29, 0.717) is 12.1 Å². The van der Waals surface area contributed by atoms with Crippen molar-refractivity contribution in [3.63, 3.8) is 0 Å². The van der Waals surface area contributed by atoms with Crippen LogP contribution in [0, 0.1) is 0 Å². The highest BCUT2D eigenvalue weighted by Gasteiger charge is 2.29. The number of amides is 2. The van der Waals surface area contributed by atoms with Gasteiger partial charge in [-0.2, -0.15) is 0 Å². The Labute approximate surface area is 181 Å². The molecule has 0 radical (unpaired) electrons. The number of hydrogen-bond donors (Lipinski definition) is 1. The zero-order chi connectivity index (χ0) is 21.4. The van der Waals surface area contributed by atoms with Gasteiger partial charge in [-0.1, -0.05) is 36.4 Å². The van der Waals surface area contributed by atoms with Crippen LogP contribution in [0.5, 0.6) is 0 Å². The van der Waals surface area contributed by atoms with E-state index in [1.54, 1.807) is 11.9 Å². The molecular weight excluding hydrogens is 390 g/mol. The van der Waals surface area contributed by atoms with Crippen molar-refractivity contribution in [2.45, 2.75) is 25.5 Å². The molecule has 5 rings (SSSR count). The molecule has 0 aliphatic carbocycles. The van der Waals surface area contributed by atoms with Gasteiger partial charge in [0, 0.05) is 54.0 Å². The lowest BCUT2D eigenvalue weighted by Gasteiger charge is -2.11. The van der Waals surface area contributed by atoms with Crippen molar-refractivity contribution in [1.29, 1.82) is 0 Å². The Balaban J connectivity index is 1.45. The number of aromatic nitrogens is 1. The second kappa shape index (κ2) is 8.04. The number of nitrogens with one attached hydrogen (secondary N) is 1. The summed E-state index contributed by atoms with van der Waals surface area (Å²) in [6.45, 7) is 1.55. The van der Waals surface area contributed by atoms with E-state index in [2.05, 4.69) is 5.32 Å². The minimum absolute atomic E-state index is 0.0210. The van der Waals surface area contributed by atoms with Crippen molar-refractivity contribution in [1.82, 2.24) is 9.88 Å². The number of nitrogens with zero attached hydrogens (tertiary/aromatic N) is 2. The Morgan fingerprint density at radius 3 is 2.84 bits per heavy atom. The second-order valence-electron chi connectivity index (χ2n) is 8.11. The van der Waals surface area contributed by atoms with Gasteiger partial charge in [0.05, 0.1) is 11.8 Å². The third kappa shape index (κ3) is 3.64. The van der Waals surface area contributed by atoms with Crippen molar-refractivity contribution >= 4 is 40.1 Å². The van der Waals surface area contributed by atoms with E-state index in [1.165, 1.54) is 0 Å². The molecule has 6 nitrogen and oxygen atoms in total. The van der Waals surface area contributed by atoms with Crippen LogP contribution in [0.25, 0.3) is 22.6 Å². The van der Waals surface area contributed by atoms with Gasteiger partial charge >= 0.3 is 0 Å². The number of anilines is 1. The topological polar surface area (TPSA) is 63.6 Å². The Kier molecular flexibility index (Phi) is 5.08. The molecule has 1 N–H and O–H groups in total. The number of fused-ring (bicyclic) bond motifs is 2. The normalized spacial score (nSPS) is 19.4. The molecule has 2 aromatic carbocycles. The maximum absolute atomic E-state index is 12.9. The molecule has 3 heterocycles. The molecule has 0 spiro atoms. The van der Waals surface area contributed by atoms with Crippen molar-refractivity contribution in [3.8, 4) is 0 Å². The summed E-state index contributed by atoms with van der Waals surface area (Å²) in [6.07, 6.45) is 6.06. The number of para-hydroxylation sites is 2. The summed E-state index contributed by atoms with van der Waals surface area (Å²) >= 11 is 0. The maximum Gasteiger partial charge on any atom is 0.258 e. The van der Waals surface area contributed by atoms with Crippen LogP contribution in [0.4, 0.5) is 5.69 Å². The minimum atomic E-state index is -0.0440. The number of hydrogen-bond acceptors (Lipinski definition) is 3. The first-order chi connectivity index (χ1) is 15.1. The van der Waals surface area contributed by atoms with Crippen molar-refractivity contribution < 1.29 is 14.3 Å². The summed E-state index contributed by atoms with van der Waals surface area (Å²) in [5.41, 5.74) is 4.41. The van der Waals surface area contributed by atoms with Gasteiger partial charge in [0.15, 0.2) is 0 Å². The predicted octanol–water partition coefficient (Wildman–Crippen LogP) is 3.45. The molecule has 0 unspecified atom stereocenters. The first-order valence-electron chi connectivity index (χ1n) is 10.7. The lowest BCUT2D eigenvalue weighted by Crippen LogP contribution is -2.34. The number of carbonyl (C=O) groups excluding carboxylic acids is 2. The van der Waals surface area contributed by atoms with Crippen molar-refractivity contribution in [2.24, 2.45) is 0 Å². The molecular formula is C25H25N3O3. The SMILES string of the molecule is CN1C(=O)/C(=C\c2cn(CC(=O)NC[C@@H]3CCCO3)c3ccccc23)c2ccccc21. The van der Waals surface area contributed by atoms with Gasteiger partial charge in [0.25, 0.3) is 5.91 Å². The lowest BCUT2D eigenvalue weighted by molar-refractivity contribution is -0.122. The van der Waals surface area contributed by atoms with Gasteiger partial charge in [-0.15, -0.1) is 0 Å². The molecule has 1 aromatic heterocycles. The number of carbonyl (C=O) groups is 2. The Bertz CT molecular complexity index is 1190. The number of benzene rings is 2. The molecule has 2 aliphatic rings. The summed E-state index contributed by atoms with van der Waals surface area (Å²) in [4.78, 5) is 27.1. The van der Waals surface area contributed by atoms with Gasteiger partial charge in [0.1, 0.15) is 6.54 Å². The van der Waals surface area contributed by atoms with E-state index in [9.17, 15) is 9.59 Å². The molecule has 6 heteroatoms. The average molecular weight is 415 g/mol. The van der Waals surface area contributed by atoms with Crippen LogP contribution in [0.2, 0.25) is 0 Å². The van der Waals surface area contributed by atoms with E-state index in [0.717, 1.165) is 47.2 Å². The minimum Gasteiger partial charge on any atom is -0.376 e. The Morgan fingerprint density at radius 1 is 1.19 bits per heavy atom. The van der Waals surface area contributed by atoms with Gasteiger partial charge in [-0.25, -0.2) is 0 Å². The zero-order valence-electron chi connectivity index (χ0n) is 17.5. The third-order valence-electron chi connectivity index (χ3n) is 6.07. The van der Waals surface area contributed by atoms with Crippen LogP contribution >= 0.6 is 0 Å². The molecule has 1 atom stereocenters. The zero-order valence-corrected chi connectivity index (χ0v) is 17.5. The smallest absolute Gasteiger partial charge is 0.258 e. The molecule has 2 aliphatic heterocycles. The highest BCUT2D eigenvalue weighted by Crippen LogP contribution is 2.37. The van der Waals surface area contributed by atoms with Crippen LogP contribution < -0.4 is 10.2 Å². The molecule has 1 saturated heterocycles. The summed E-state index contributed by atoms with van der Waals surface area (Å²) in [5.74, 6) is -0.0650. The highest BCUT2D eigenvalue weighted by molar-refractivity contribution is 6.36. The Hall–Kier alpha value is -3.38. The summed E-state index contributed by atoms with van der Waals surface area (Å²) in [7, 11) is 1.80. The molecule has 0 saturated carbocycles. The number of ether oxygens (including phenoxy) is 1. The first kappa shape index (κ1) is 19.6. The predicted molar refractivity (Wildman–Crippen MR) is 122 cm³/mol. The van der Waals surface area contributed by atoms with E-state index in [-0.39, 0.29) is 24.5 Å². The molecule has 0 bridgehead atoms. The van der Waals surface area contributed by atoms with Crippen LogP contribution in [0.1, 0.15) is 24.0 Å². The van der Waals surface area contributed by atoms with E-state index >= 15 is 0 Å². The van der Waals surface area contributed by atoms with Gasteiger partial charge < -0.3 is 19.5 Å². The quantitative estimate of drug-likeness (QED) is 0.649. The Morgan fingerprint density at radius 2 is 2.00 bits per heavy atom. The fourth-order valence-electron chi connectivity index (χ4n) is 4.46. The van der Waals surface area contributed by atoms with Crippen LogP contribution in [0.3, 0.4) is 0 Å². The summed E-state index contributed by atoms with van der Waals surface area (Å²) in [5, 5.41) is 4.00. The standard InChI is InChI=1S/C25H25N3O3/c1-27-22-10-4-3-9-20(22)21(25(27)30)13-17-15-28(23-11-5-2-8-19(17)23)16-24(29)26-14-18-7-6-12-31-18/h2-5,8-11,13,15,18H,6-7,12,14,16H2,1H3,(H,26,29)/b21-13-/t18-/m0/s1. The number of likely N-dealkylation sites (N-methyl/N-ethyl adjacent to an activating group) is 1. The van der Waals surface area contributed by atoms with Crippen molar-refractivity contribution in [2.75, 3.05) is 25.1 Å².